The van der Waals surface area contributed by atoms with E-state index < -0.39 is 15.7 Å². The Morgan fingerprint density at radius 3 is 2.42 bits per heavy atom. The molecule has 0 bridgehead atoms. The van der Waals surface area contributed by atoms with E-state index in [1.165, 1.54) is 6.07 Å². The van der Waals surface area contributed by atoms with E-state index in [0.29, 0.717) is 5.02 Å². The van der Waals surface area contributed by atoms with Crippen molar-refractivity contribution in [3.05, 3.63) is 41.4 Å². The minimum atomic E-state index is -3.49. The minimum absolute atomic E-state index is 0.180. The Morgan fingerprint density at radius 2 is 1.74 bits per heavy atom. The molecule has 0 atom stereocenters. The van der Waals surface area contributed by atoms with E-state index in [9.17, 15) is 13.2 Å². The van der Waals surface area contributed by atoms with Gasteiger partial charge in [-0.15, -0.1) is 0 Å². The number of fused-ring (bicyclic) bond motifs is 1. The van der Waals surface area contributed by atoms with Crippen LogP contribution in [0.4, 0.5) is 0 Å². The van der Waals surface area contributed by atoms with Crippen molar-refractivity contribution < 1.29 is 13.2 Å². The zero-order chi connectivity index (χ0) is 14.0. The number of carbonyl (C=O) groups excluding carboxylic acids is 1. The Morgan fingerprint density at radius 1 is 1.11 bits per heavy atom. The van der Waals surface area contributed by atoms with Crippen molar-refractivity contribution in [2.75, 3.05) is 5.75 Å². The molecule has 0 unspecified atom stereocenters. The first-order valence-electron chi connectivity index (χ1n) is 5.59. The monoisotopic (exact) mass is 297 g/mol. The number of hydrogen-bond donors (Lipinski definition) is 1. The molecule has 2 aromatic rings. The predicted octanol–water partition coefficient (Wildman–Crippen LogP) is 2.14. The largest absolute Gasteiger partial charge is 0.370 e. The lowest BCUT2D eigenvalue weighted by Gasteiger charge is -2.05. The van der Waals surface area contributed by atoms with Gasteiger partial charge in [0.05, 0.1) is 10.6 Å². The molecule has 1 amide bonds. The summed E-state index contributed by atoms with van der Waals surface area (Å²) in [7, 11) is -3.49. The van der Waals surface area contributed by atoms with Crippen molar-refractivity contribution >= 4 is 38.1 Å². The fourth-order valence-electron chi connectivity index (χ4n) is 1.74. The number of rotatable bonds is 4. The van der Waals surface area contributed by atoms with Crippen molar-refractivity contribution in [2.45, 2.75) is 11.3 Å². The van der Waals surface area contributed by atoms with E-state index in [0.717, 1.165) is 10.8 Å². The molecule has 0 saturated carbocycles. The summed E-state index contributed by atoms with van der Waals surface area (Å²) >= 11 is 5.86. The van der Waals surface area contributed by atoms with E-state index in [1.54, 1.807) is 30.3 Å². The predicted molar refractivity (Wildman–Crippen MR) is 74.8 cm³/mol. The van der Waals surface area contributed by atoms with Crippen LogP contribution in [0.3, 0.4) is 0 Å². The highest BCUT2D eigenvalue weighted by atomic mass is 35.5. The zero-order valence-corrected chi connectivity index (χ0v) is 11.5. The average Bonchev–Trinajstić information content (AvgIpc) is 2.36. The first-order chi connectivity index (χ1) is 8.88. The first kappa shape index (κ1) is 13.8. The summed E-state index contributed by atoms with van der Waals surface area (Å²) in [6.45, 7) is 0. The van der Waals surface area contributed by atoms with E-state index in [-0.39, 0.29) is 17.1 Å². The summed E-state index contributed by atoms with van der Waals surface area (Å²) in [6, 6.07) is 9.99. The van der Waals surface area contributed by atoms with Crippen LogP contribution in [0.1, 0.15) is 6.42 Å². The molecule has 0 aliphatic heterocycles. The first-order valence-corrected chi connectivity index (χ1v) is 7.62. The SMILES string of the molecule is NC(=O)CCS(=O)(=O)c1ccc2cc(Cl)ccc2c1. The lowest BCUT2D eigenvalue weighted by Crippen LogP contribution is -2.17. The third kappa shape index (κ3) is 3.24. The molecule has 19 heavy (non-hydrogen) atoms. The van der Waals surface area contributed by atoms with Crippen molar-refractivity contribution in [3.63, 3.8) is 0 Å². The highest BCUT2D eigenvalue weighted by Crippen LogP contribution is 2.23. The van der Waals surface area contributed by atoms with Gasteiger partial charge >= 0.3 is 0 Å². The van der Waals surface area contributed by atoms with Gasteiger partial charge in [0.15, 0.2) is 9.84 Å². The van der Waals surface area contributed by atoms with Crippen LogP contribution in [0.5, 0.6) is 0 Å². The Hall–Kier alpha value is -1.59. The summed E-state index contributed by atoms with van der Waals surface area (Å²) < 4.78 is 24.0. The maximum Gasteiger partial charge on any atom is 0.218 e. The summed E-state index contributed by atoms with van der Waals surface area (Å²) in [5.74, 6) is -0.905. The fraction of sp³-hybridized carbons (Fsp3) is 0.154. The van der Waals surface area contributed by atoms with E-state index >= 15 is 0 Å². The molecule has 4 nitrogen and oxygen atoms in total. The number of amides is 1. The Labute approximate surface area is 116 Å². The van der Waals surface area contributed by atoms with Crippen molar-refractivity contribution in [1.82, 2.24) is 0 Å². The molecule has 2 rings (SSSR count). The molecule has 2 N–H and O–H groups in total. The van der Waals surface area contributed by atoms with Crippen molar-refractivity contribution in [1.29, 1.82) is 0 Å². The molecule has 2 aromatic carbocycles. The van der Waals surface area contributed by atoms with Crippen molar-refractivity contribution in [2.24, 2.45) is 5.73 Å². The van der Waals surface area contributed by atoms with Gasteiger partial charge in [-0.2, -0.15) is 0 Å². The van der Waals surface area contributed by atoms with Crippen molar-refractivity contribution in [3.8, 4) is 0 Å². The van der Waals surface area contributed by atoms with Gasteiger partial charge in [0.2, 0.25) is 5.91 Å². The highest BCUT2D eigenvalue weighted by molar-refractivity contribution is 7.91. The number of nitrogens with two attached hydrogens (primary N) is 1. The quantitative estimate of drug-likeness (QED) is 0.939. The van der Waals surface area contributed by atoms with Crippen LogP contribution in [-0.2, 0) is 14.6 Å². The second kappa shape index (κ2) is 5.19. The van der Waals surface area contributed by atoms with Crippen LogP contribution < -0.4 is 5.73 Å². The molecule has 0 saturated heterocycles. The fourth-order valence-corrected chi connectivity index (χ4v) is 3.21. The normalized spacial score (nSPS) is 11.6. The third-order valence-corrected chi connectivity index (χ3v) is 4.70. The summed E-state index contributed by atoms with van der Waals surface area (Å²) in [6.07, 6.45) is -0.180. The number of primary amides is 1. The van der Waals surface area contributed by atoms with Gasteiger partial charge in [-0.05, 0) is 35.0 Å². The number of carbonyl (C=O) groups is 1. The van der Waals surface area contributed by atoms with E-state index in [1.807, 2.05) is 0 Å². The maximum absolute atomic E-state index is 12.0. The van der Waals surface area contributed by atoms with Gasteiger partial charge in [0.1, 0.15) is 0 Å². The van der Waals surface area contributed by atoms with Gasteiger partial charge < -0.3 is 5.73 Å². The molecule has 0 aliphatic rings. The van der Waals surface area contributed by atoms with Crippen LogP contribution in [-0.4, -0.2) is 20.1 Å². The van der Waals surface area contributed by atoms with Crippen LogP contribution in [0.25, 0.3) is 10.8 Å². The molecular formula is C13H12ClNO3S. The molecule has 0 aromatic heterocycles. The van der Waals surface area contributed by atoms with E-state index in [2.05, 4.69) is 0 Å². The molecule has 0 fully saturated rings. The molecule has 6 heteroatoms. The Bertz CT molecular complexity index is 741. The van der Waals surface area contributed by atoms with Gasteiger partial charge in [-0.1, -0.05) is 23.7 Å². The average molecular weight is 298 g/mol. The standard InChI is InChI=1S/C13H12ClNO3S/c14-11-3-1-10-8-12(4-2-9(10)7-11)19(17,18)6-5-13(15)16/h1-4,7-8H,5-6H2,(H2,15,16). The van der Waals surface area contributed by atoms with Gasteiger partial charge in [-0.25, -0.2) is 8.42 Å². The minimum Gasteiger partial charge on any atom is -0.370 e. The highest BCUT2D eigenvalue weighted by Gasteiger charge is 2.15. The number of hydrogen-bond acceptors (Lipinski definition) is 3. The molecular weight excluding hydrogens is 286 g/mol. The summed E-state index contributed by atoms with van der Waals surface area (Å²) in [5.41, 5.74) is 4.97. The summed E-state index contributed by atoms with van der Waals surface area (Å²) in [5, 5.41) is 2.24. The third-order valence-electron chi connectivity index (χ3n) is 2.75. The Balaban J connectivity index is 2.40. The molecule has 0 spiro atoms. The summed E-state index contributed by atoms with van der Waals surface area (Å²) in [4.78, 5) is 10.9. The van der Waals surface area contributed by atoms with Gasteiger partial charge in [-0.3, -0.25) is 4.79 Å². The topological polar surface area (TPSA) is 77.2 Å². The molecule has 100 valence electrons. The smallest absolute Gasteiger partial charge is 0.218 e. The van der Waals surface area contributed by atoms with Gasteiger partial charge in [0, 0.05) is 11.4 Å². The lowest BCUT2D eigenvalue weighted by molar-refractivity contribution is -0.117. The number of sulfone groups is 1. The van der Waals surface area contributed by atoms with Crippen LogP contribution in [0.2, 0.25) is 5.02 Å². The van der Waals surface area contributed by atoms with Crippen LogP contribution >= 0.6 is 11.6 Å². The second-order valence-electron chi connectivity index (χ2n) is 4.19. The van der Waals surface area contributed by atoms with Crippen LogP contribution in [0.15, 0.2) is 41.3 Å². The lowest BCUT2D eigenvalue weighted by atomic mass is 10.1. The van der Waals surface area contributed by atoms with Crippen LogP contribution in [0, 0.1) is 0 Å². The second-order valence-corrected chi connectivity index (χ2v) is 6.73. The molecule has 0 radical (unpaired) electrons. The van der Waals surface area contributed by atoms with Gasteiger partial charge in [0.25, 0.3) is 0 Å². The molecule has 0 heterocycles. The zero-order valence-electron chi connectivity index (χ0n) is 9.97. The van der Waals surface area contributed by atoms with E-state index in [4.69, 9.17) is 17.3 Å². The Kier molecular flexibility index (Phi) is 3.78. The number of halogens is 1. The maximum atomic E-state index is 12.0. The number of benzene rings is 2. The molecule has 0 aliphatic carbocycles.